The van der Waals surface area contributed by atoms with Crippen molar-refractivity contribution in [2.24, 2.45) is 5.73 Å². The van der Waals surface area contributed by atoms with Gasteiger partial charge in [0.25, 0.3) is 0 Å². The maximum Gasteiger partial charge on any atom is 0.164 e. The van der Waals surface area contributed by atoms with Gasteiger partial charge < -0.3 is 30.2 Å². The van der Waals surface area contributed by atoms with Crippen LogP contribution in [0.4, 0.5) is 0 Å². The SMILES string of the molecule is CC1(C)O[C@H]2[C@@H](O)[C@@H](N)[C@@](O)(COCc3ccccc3)[C@H]2O1. The highest BCUT2D eigenvalue weighted by atomic mass is 16.8. The molecule has 1 saturated carbocycles. The van der Waals surface area contributed by atoms with E-state index in [1.807, 2.05) is 30.3 Å². The normalized spacial score (nSPS) is 39.9. The Labute approximate surface area is 129 Å². The highest BCUT2D eigenvalue weighted by molar-refractivity contribution is 5.16. The Hall–Kier alpha value is -1.02. The molecule has 22 heavy (non-hydrogen) atoms. The van der Waals surface area contributed by atoms with Gasteiger partial charge in [-0.2, -0.15) is 0 Å². The van der Waals surface area contributed by atoms with Crippen LogP contribution in [0.2, 0.25) is 0 Å². The van der Waals surface area contributed by atoms with Gasteiger partial charge in [0.2, 0.25) is 0 Å². The Morgan fingerprint density at radius 1 is 1.23 bits per heavy atom. The second-order valence-electron chi connectivity index (χ2n) is 6.51. The van der Waals surface area contributed by atoms with E-state index >= 15 is 0 Å². The number of benzene rings is 1. The summed E-state index contributed by atoms with van der Waals surface area (Å²) < 4.78 is 17.0. The summed E-state index contributed by atoms with van der Waals surface area (Å²) in [5, 5.41) is 21.1. The second kappa shape index (κ2) is 5.56. The van der Waals surface area contributed by atoms with Crippen molar-refractivity contribution in [3.05, 3.63) is 35.9 Å². The van der Waals surface area contributed by atoms with Crippen LogP contribution in [0.15, 0.2) is 30.3 Å². The number of aliphatic hydroxyl groups is 2. The largest absolute Gasteiger partial charge is 0.389 e. The molecule has 1 aromatic carbocycles. The molecular weight excluding hydrogens is 286 g/mol. The summed E-state index contributed by atoms with van der Waals surface area (Å²) in [6.07, 6.45) is -2.34. The van der Waals surface area contributed by atoms with Gasteiger partial charge in [-0.1, -0.05) is 30.3 Å². The van der Waals surface area contributed by atoms with Crippen LogP contribution < -0.4 is 5.73 Å². The molecule has 2 aliphatic rings. The minimum Gasteiger partial charge on any atom is -0.389 e. The summed E-state index contributed by atoms with van der Waals surface area (Å²) in [5.41, 5.74) is 5.49. The molecule has 1 aliphatic carbocycles. The van der Waals surface area contributed by atoms with E-state index in [1.165, 1.54) is 0 Å². The van der Waals surface area contributed by atoms with Crippen LogP contribution >= 0.6 is 0 Å². The maximum absolute atomic E-state index is 10.9. The van der Waals surface area contributed by atoms with Crippen molar-refractivity contribution in [3.63, 3.8) is 0 Å². The van der Waals surface area contributed by atoms with Gasteiger partial charge in [-0.15, -0.1) is 0 Å². The summed E-state index contributed by atoms with van der Waals surface area (Å²) in [4.78, 5) is 0. The van der Waals surface area contributed by atoms with E-state index in [0.29, 0.717) is 6.61 Å². The fourth-order valence-electron chi connectivity index (χ4n) is 3.20. The van der Waals surface area contributed by atoms with E-state index in [9.17, 15) is 10.2 Å². The number of rotatable bonds is 4. The number of hydrogen-bond donors (Lipinski definition) is 3. The van der Waals surface area contributed by atoms with Crippen molar-refractivity contribution in [2.75, 3.05) is 6.61 Å². The highest BCUT2D eigenvalue weighted by Gasteiger charge is 2.65. The molecule has 122 valence electrons. The molecule has 6 nitrogen and oxygen atoms in total. The first-order valence-electron chi connectivity index (χ1n) is 7.47. The molecule has 0 amide bonds. The van der Waals surface area contributed by atoms with Crippen molar-refractivity contribution in [1.29, 1.82) is 0 Å². The molecule has 0 unspecified atom stereocenters. The van der Waals surface area contributed by atoms with Gasteiger partial charge in [0, 0.05) is 0 Å². The lowest BCUT2D eigenvalue weighted by Gasteiger charge is -2.33. The van der Waals surface area contributed by atoms with Gasteiger partial charge in [-0.05, 0) is 19.4 Å². The van der Waals surface area contributed by atoms with Crippen molar-refractivity contribution >= 4 is 0 Å². The van der Waals surface area contributed by atoms with E-state index in [4.69, 9.17) is 19.9 Å². The predicted octanol–water partition coefficient (Wildman–Crippen LogP) is 0.156. The van der Waals surface area contributed by atoms with Crippen LogP contribution in [0.3, 0.4) is 0 Å². The predicted molar refractivity (Wildman–Crippen MR) is 78.9 cm³/mol. The lowest BCUT2D eigenvalue weighted by molar-refractivity contribution is -0.200. The Balaban J connectivity index is 1.68. The Kier molecular flexibility index (Phi) is 4.01. The van der Waals surface area contributed by atoms with Crippen LogP contribution in [0, 0.1) is 0 Å². The van der Waals surface area contributed by atoms with Crippen LogP contribution in [0.25, 0.3) is 0 Å². The topological polar surface area (TPSA) is 94.2 Å². The van der Waals surface area contributed by atoms with Crippen LogP contribution in [-0.2, 0) is 20.8 Å². The minimum absolute atomic E-state index is 0.0271. The Bertz CT molecular complexity index is 523. The molecule has 1 aromatic rings. The van der Waals surface area contributed by atoms with Crippen molar-refractivity contribution in [2.45, 2.75) is 56.2 Å². The van der Waals surface area contributed by atoms with E-state index in [-0.39, 0.29) is 6.61 Å². The second-order valence-corrected chi connectivity index (χ2v) is 6.51. The quantitative estimate of drug-likeness (QED) is 0.733. The number of fused-ring (bicyclic) bond motifs is 1. The number of hydrogen-bond acceptors (Lipinski definition) is 6. The monoisotopic (exact) mass is 309 g/mol. The highest BCUT2D eigenvalue weighted by Crippen LogP contribution is 2.43. The molecular formula is C16H23NO5. The third-order valence-electron chi connectivity index (χ3n) is 4.35. The summed E-state index contributed by atoms with van der Waals surface area (Å²) in [6, 6.07) is 8.77. The van der Waals surface area contributed by atoms with Crippen molar-refractivity contribution in [3.8, 4) is 0 Å². The molecule has 1 aliphatic heterocycles. The third-order valence-corrected chi connectivity index (χ3v) is 4.35. The van der Waals surface area contributed by atoms with Crippen LogP contribution in [0.5, 0.6) is 0 Å². The standard InChI is InChI=1S/C16H23NO5/c1-15(2)21-12-11(18)13(17)16(19,14(12)22-15)9-20-8-10-6-4-3-5-7-10/h3-7,11-14,18-19H,8-9,17H2,1-2H3/t11-,12+,13-,14+,16+/m1/s1. The Morgan fingerprint density at radius 2 is 1.91 bits per heavy atom. The molecule has 5 atom stereocenters. The summed E-state index contributed by atoms with van der Waals surface area (Å²) >= 11 is 0. The molecule has 6 heteroatoms. The van der Waals surface area contributed by atoms with Crippen LogP contribution in [0.1, 0.15) is 19.4 Å². The first kappa shape index (κ1) is 15.9. The number of ether oxygens (including phenoxy) is 3. The average molecular weight is 309 g/mol. The van der Waals surface area contributed by atoms with E-state index in [1.54, 1.807) is 13.8 Å². The van der Waals surface area contributed by atoms with Gasteiger partial charge >= 0.3 is 0 Å². The number of nitrogens with two attached hydrogens (primary N) is 1. The van der Waals surface area contributed by atoms with Gasteiger partial charge in [0.1, 0.15) is 23.9 Å². The zero-order valence-electron chi connectivity index (χ0n) is 12.8. The molecule has 0 spiro atoms. The molecule has 1 heterocycles. The molecule has 0 bridgehead atoms. The summed E-state index contributed by atoms with van der Waals surface area (Å²) in [7, 11) is 0. The maximum atomic E-state index is 10.9. The zero-order valence-corrected chi connectivity index (χ0v) is 12.8. The molecule has 3 rings (SSSR count). The first-order valence-corrected chi connectivity index (χ1v) is 7.47. The molecule has 1 saturated heterocycles. The molecule has 0 aromatic heterocycles. The molecule has 4 N–H and O–H groups in total. The van der Waals surface area contributed by atoms with Gasteiger partial charge in [-0.25, -0.2) is 0 Å². The van der Waals surface area contributed by atoms with E-state index < -0.39 is 35.7 Å². The Morgan fingerprint density at radius 3 is 2.59 bits per heavy atom. The number of aliphatic hydroxyl groups excluding tert-OH is 1. The fraction of sp³-hybridized carbons (Fsp3) is 0.625. The molecule has 2 fully saturated rings. The fourth-order valence-corrected chi connectivity index (χ4v) is 3.20. The smallest absolute Gasteiger partial charge is 0.164 e. The molecule has 0 radical (unpaired) electrons. The van der Waals surface area contributed by atoms with Gasteiger partial charge in [0.05, 0.1) is 19.3 Å². The van der Waals surface area contributed by atoms with Gasteiger partial charge in [-0.3, -0.25) is 0 Å². The summed E-state index contributed by atoms with van der Waals surface area (Å²) in [5.74, 6) is -0.857. The lowest BCUT2D eigenvalue weighted by atomic mass is 9.96. The third kappa shape index (κ3) is 2.67. The minimum atomic E-state index is -1.48. The zero-order chi connectivity index (χ0) is 16.0. The van der Waals surface area contributed by atoms with Crippen molar-refractivity contribution in [1.82, 2.24) is 0 Å². The van der Waals surface area contributed by atoms with Crippen LogP contribution in [-0.4, -0.2) is 52.6 Å². The van der Waals surface area contributed by atoms with E-state index in [0.717, 1.165) is 5.56 Å². The first-order chi connectivity index (χ1) is 10.3. The van der Waals surface area contributed by atoms with E-state index in [2.05, 4.69) is 0 Å². The summed E-state index contributed by atoms with van der Waals surface area (Å²) in [6.45, 7) is 3.82. The van der Waals surface area contributed by atoms with Crippen molar-refractivity contribution < 1.29 is 24.4 Å². The van der Waals surface area contributed by atoms with Gasteiger partial charge in [0.15, 0.2) is 5.79 Å². The lowest BCUT2D eigenvalue weighted by Crippen LogP contribution is -2.57. The average Bonchev–Trinajstić information content (AvgIpc) is 2.89.